The number of aliphatic hydroxyl groups is 2. The van der Waals surface area contributed by atoms with Crippen LogP contribution in [0.25, 0.3) is 0 Å². The van der Waals surface area contributed by atoms with Crippen molar-refractivity contribution in [2.45, 2.75) is 63.8 Å². The molecule has 2 atom stereocenters. The Balaban J connectivity index is 1.50. The first-order valence-corrected chi connectivity index (χ1v) is 17.9. The molecule has 0 bridgehead atoms. The minimum Gasteiger partial charge on any atom is -0.497 e. The van der Waals surface area contributed by atoms with E-state index >= 15 is 0 Å². The van der Waals surface area contributed by atoms with Crippen molar-refractivity contribution < 1.29 is 38.7 Å². The average molecular weight is 725 g/mol. The molecule has 4 aromatic rings. The number of amides is 2. The Bertz CT molecular complexity index is 1610. The monoisotopic (exact) mass is 724 g/mol. The third kappa shape index (κ3) is 7.57. The van der Waals surface area contributed by atoms with Gasteiger partial charge in [-0.3, -0.25) is 9.59 Å². The molecule has 5 rings (SSSR count). The molecule has 2 amide bonds. The average Bonchev–Trinajstić information content (AvgIpc) is 4.01. The number of carbonyl (C=O) groups is 2. The number of methoxy groups -OCH3 is 4. The number of nitrogens with one attached hydrogen (secondary N) is 2. The van der Waals surface area contributed by atoms with Crippen LogP contribution in [-0.2, 0) is 20.8 Å². The molecule has 1 saturated carbocycles. The summed E-state index contributed by atoms with van der Waals surface area (Å²) in [5, 5.41) is 31.8. The summed E-state index contributed by atoms with van der Waals surface area (Å²) in [6.07, 6.45) is 0.626. The van der Waals surface area contributed by atoms with Crippen LogP contribution in [-0.4, -0.2) is 62.6 Å². The summed E-state index contributed by atoms with van der Waals surface area (Å²) >= 11 is 0. The van der Waals surface area contributed by atoms with Crippen LogP contribution in [0.1, 0.15) is 62.8 Å². The Morgan fingerprint density at radius 1 is 0.509 bits per heavy atom. The molecule has 10 nitrogen and oxygen atoms in total. The van der Waals surface area contributed by atoms with E-state index in [1.807, 2.05) is 27.7 Å². The minimum atomic E-state index is -1.70. The van der Waals surface area contributed by atoms with Gasteiger partial charge in [0.2, 0.25) is 11.8 Å². The normalized spacial score (nSPS) is 14.9. The van der Waals surface area contributed by atoms with E-state index in [4.69, 9.17) is 18.9 Å². The highest BCUT2D eigenvalue weighted by Crippen LogP contribution is 2.48. The van der Waals surface area contributed by atoms with Crippen LogP contribution in [0.15, 0.2) is 97.1 Å². The molecule has 0 heterocycles. The SMILES string of the molecule is COc1ccc(C(O)(c2ccc(OC)cc2)[C@H](NC(=O)C2(C(=O)N[C@H](C(C)C)C(O)(c3ccc(OC)cc3)c3ccc(OC)cc3)CC2)C(C)C)cc1. The van der Waals surface area contributed by atoms with E-state index < -0.39 is 40.5 Å². The first-order valence-electron chi connectivity index (χ1n) is 17.9. The van der Waals surface area contributed by atoms with E-state index in [1.165, 1.54) is 0 Å². The van der Waals surface area contributed by atoms with Gasteiger partial charge in [-0.1, -0.05) is 76.2 Å². The Hall–Kier alpha value is -5.06. The van der Waals surface area contributed by atoms with Crippen molar-refractivity contribution >= 4 is 11.8 Å². The second kappa shape index (κ2) is 15.9. The molecule has 0 unspecified atom stereocenters. The van der Waals surface area contributed by atoms with Gasteiger partial charge >= 0.3 is 0 Å². The lowest BCUT2D eigenvalue weighted by Crippen LogP contribution is -2.59. The highest BCUT2D eigenvalue weighted by molar-refractivity contribution is 6.08. The summed E-state index contributed by atoms with van der Waals surface area (Å²) < 4.78 is 21.5. The second-order valence-corrected chi connectivity index (χ2v) is 14.4. The van der Waals surface area contributed by atoms with Crippen LogP contribution < -0.4 is 29.6 Å². The van der Waals surface area contributed by atoms with Crippen LogP contribution in [0, 0.1) is 17.3 Å². The van der Waals surface area contributed by atoms with Crippen LogP contribution >= 0.6 is 0 Å². The lowest BCUT2D eigenvalue weighted by Gasteiger charge is -2.42. The van der Waals surface area contributed by atoms with Crippen molar-refractivity contribution in [2.75, 3.05) is 28.4 Å². The second-order valence-electron chi connectivity index (χ2n) is 14.4. The van der Waals surface area contributed by atoms with Crippen molar-refractivity contribution in [2.24, 2.45) is 17.3 Å². The van der Waals surface area contributed by atoms with Crippen molar-refractivity contribution in [3.05, 3.63) is 119 Å². The molecule has 4 N–H and O–H groups in total. The van der Waals surface area contributed by atoms with Crippen LogP contribution in [0.5, 0.6) is 23.0 Å². The molecule has 1 fully saturated rings. The summed E-state index contributed by atoms with van der Waals surface area (Å²) in [5.74, 6) is 0.948. The van der Waals surface area contributed by atoms with Crippen molar-refractivity contribution in [3.63, 3.8) is 0 Å². The number of benzene rings is 4. The van der Waals surface area contributed by atoms with Crippen LogP contribution in [0.2, 0.25) is 0 Å². The Labute approximate surface area is 312 Å². The smallest absolute Gasteiger partial charge is 0.236 e. The maximum absolute atomic E-state index is 14.5. The number of carbonyl (C=O) groups excluding carboxylic acids is 2. The van der Waals surface area contributed by atoms with Gasteiger partial charge in [-0.25, -0.2) is 0 Å². The molecule has 1 aliphatic rings. The molecular formula is C43H52N2O8. The first-order chi connectivity index (χ1) is 25.3. The van der Waals surface area contributed by atoms with Gasteiger partial charge in [-0.2, -0.15) is 0 Å². The summed E-state index contributed by atoms with van der Waals surface area (Å²) in [4.78, 5) is 28.9. The van der Waals surface area contributed by atoms with E-state index in [-0.39, 0.29) is 11.8 Å². The van der Waals surface area contributed by atoms with Crippen LogP contribution in [0.4, 0.5) is 0 Å². The lowest BCUT2D eigenvalue weighted by atomic mass is 9.75. The molecule has 53 heavy (non-hydrogen) atoms. The van der Waals surface area contributed by atoms with Gasteiger partial charge in [0.15, 0.2) is 0 Å². The molecule has 0 aliphatic heterocycles. The van der Waals surface area contributed by atoms with Crippen molar-refractivity contribution in [3.8, 4) is 23.0 Å². The Kier molecular flexibility index (Phi) is 11.7. The maximum atomic E-state index is 14.5. The lowest BCUT2D eigenvalue weighted by molar-refractivity contribution is -0.141. The third-order valence-corrected chi connectivity index (χ3v) is 10.5. The fraction of sp³-hybridized carbons (Fsp3) is 0.395. The van der Waals surface area contributed by atoms with Crippen LogP contribution in [0.3, 0.4) is 0 Å². The number of hydrogen-bond acceptors (Lipinski definition) is 8. The largest absolute Gasteiger partial charge is 0.497 e. The quantitative estimate of drug-likeness (QED) is 0.104. The molecule has 0 saturated heterocycles. The van der Waals surface area contributed by atoms with E-state index in [2.05, 4.69) is 10.6 Å². The van der Waals surface area contributed by atoms with Gasteiger partial charge in [0.05, 0.1) is 40.5 Å². The standard InChI is InChI=1S/C43H52N2O8/c1-27(2)37(42(48,29-9-17-33(50-5)18-10-29)30-11-19-34(51-6)20-12-30)44-39(46)41(25-26-41)40(47)45-38(28(3)4)43(49,31-13-21-35(52-7)22-14-31)32-15-23-36(53-8)24-16-32/h9-24,27-28,37-38,48-49H,25-26H2,1-8H3,(H,44,46)(H,45,47)/t37-,38-/m1/s1. The first kappa shape index (κ1) is 39.2. The molecule has 0 radical (unpaired) electrons. The summed E-state index contributed by atoms with van der Waals surface area (Å²) in [6, 6.07) is 26.6. The zero-order chi connectivity index (χ0) is 38.6. The van der Waals surface area contributed by atoms with Gasteiger partial charge in [-0.15, -0.1) is 0 Å². The topological polar surface area (TPSA) is 136 Å². The Morgan fingerprint density at radius 2 is 0.736 bits per heavy atom. The molecule has 10 heteroatoms. The van der Waals surface area contributed by atoms with E-state index in [1.54, 1.807) is 126 Å². The zero-order valence-electron chi connectivity index (χ0n) is 31.8. The molecule has 4 aromatic carbocycles. The van der Waals surface area contributed by atoms with Gasteiger partial charge in [0.1, 0.15) is 39.6 Å². The van der Waals surface area contributed by atoms with E-state index in [9.17, 15) is 19.8 Å². The number of hydrogen-bond donors (Lipinski definition) is 4. The molecule has 0 aromatic heterocycles. The van der Waals surface area contributed by atoms with Gasteiger partial charge < -0.3 is 39.8 Å². The molecule has 0 spiro atoms. The third-order valence-electron chi connectivity index (χ3n) is 10.5. The Morgan fingerprint density at radius 3 is 0.906 bits per heavy atom. The highest BCUT2D eigenvalue weighted by Gasteiger charge is 2.59. The van der Waals surface area contributed by atoms with Gasteiger partial charge in [0, 0.05) is 0 Å². The summed E-state index contributed by atoms with van der Waals surface area (Å²) in [5.41, 5.74) is -2.62. The maximum Gasteiger partial charge on any atom is 0.236 e. The predicted molar refractivity (Wildman–Crippen MR) is 203 cm³/mol. The van der Waals surface area contributed by atoms with Crippen molar-refractivity contribution in [1.82, 2.24) is 10.6 Å². The summed E-state index contributed by atoms with van der Waals surface area (Å²) in [6.45, 7) is 7.67. The number of ether oxygens (including phenoxy) is 4. The van der Waals surface area contributed by atoms with Gasteiger partial charge in [-0.05, 0) is 95.5 Å². The predicted octanol–water partition coefficient (Wildman–Crippen LogP) is 5.95. The van der Waals surface area contributed by atoms with E-state index in [0.29, 0.717) is 58.1 Å². The van der Waals surface area contributed by atoms with E-state index in [0.717, 1.165) is 0 Å². The fourth-order valence-corrected chi connectivity index (χ4v) is 7.18. The fourth-order valence-electron chi connectivity index (χ4n) is 7.18. The zero-order valence-corrected chi connectivity index (χ0v) is 31.8. The molecule has 1 aliphatic carbocycles. The van der Waals surface area contributed by atoms with Gasteiger partial charge in [0.25, 0.3) is 0 Å². The minimum absolute atomic E-state index is 0.273. The van der Waals surface area contributed by atoms with Crippen molar-refractivity contribution in [1.29, 1.82) is 0 Å². The number of rotatable bonds is 16. The molecular weight excluding hydrogens is 672 g/mol. The summed E-state index contributed by atoms with van der Waals surface area (Å²) in [7, 11) is 6.28. The molecule has 282 valence electrons. The highest BCUT2D eigenvalue weighted by atomic mass is 16.5.